The monoisotopic (exact) mass is 166 g/mol. The predicted octanol–water partition coefficient (Wildman–Crippen LogP) is 0.876. The standard InChI is InChI=1S/C8H14N4/c1-8(2,9)7-10-6(11-12-7)5-3-4-5/h5H,3-4,9H2,1-2H3,(H,10,11,12). The Hall–Kier alpha value is -0.900. The van der Waals surface area contributed by atoms with Crippen molar-refractivity contribution in [3.63, 3.8) is 0 Å². The van der Waals surface area contributed by atoms with Gasteiger partial charge in [-0.15, -0.1) is 0 Å². The third-order valence-corrected chi connectivity index (χ3v) is 2.04. The van der Waals surface area contributed by atoms with Crippen LogP contribution in [0.2, 0.25) is 0 Å². The van der Waals surface area contributed by atoms with Crippen molar-refractivity contribution in [2.45, 2.75) is 38.1 Å². The highest BCUT2D eigenvalue weighted by atomic mass is 15.2. The van der Waals surface area contributed by atoms with Crippen LogP contribution in [0.15, 0.2) is 0 Å². The van der Waals surface area contributed by atoms with Crippen LogP contribution in [0.3, 0.4) is 0 Å². The summed E-state index contributed by atoms with van der Waals surface area (Å²) in [6, 6.07) is 0. The molecule has 1 aliphatic carbocycles. The van der Waals surface area contributed by atoms with Crippen LogP contribution in [0.1, 0.15) is 44.3 Å². The molecule has 1 saturated carbocycles. The summed E-state index contributed by atoms with van der Waals surface area (Å²) in [6.07, 6.45) is 2.47. The maximum Gasteiger partial charge on any atom is 0.169 e. The molecule has 1 heterocycles. The summed E-state index contributed by atoms with van der Waals surface area (Å²) in [7, 11) is 0. The summed E-state index contributed by atoms with van der Waals surface area (Å²) in [5.74, 6) is 2.33. The Bertz CT molecular complexity index is 279. The molecule has 0 aromatic carbocycles. The minimum Gasteiger partial charge on any atom is -0.319 e. The van der Waals surface area contributed by atoms with Crippen molar-refractivity contribution in [3.05, 3.63) is 11.6 Å². The van der Waals surface area contributed by atoms with E-state index in [1.807, 2.05) is 13.8 Å². The number of nitrogens with zero attached hydrogens (tertiary/aromatic N) is 2. The molecule has 0 bridgehead atoms. The van der Waals surface area contributed by atoms with Crippen LogP contribution < -0.4 is 5.73 Å². The summed E-state index contributed by atoms with van der Waals surface area (Å²) in [6.45, 7) is 3.82. The number of nitrogens with one attached hydrogen (secondary N) is 1. The Morgan fingerprint density at radius 2 is 2.17 bits per heavy atom. The second kappa shape index (κ2) is 2.29. The van der Waals surface area contributed by atoms with Crippen molar-refractivity contribution in [1.82, 2.24) is 15.2 Å². The second-order valence-electron chi connectivity index (χ2n) is 4.04. The van der Waals surface area contributed by atoms with Crippen LogP contribution in [0.5, 0.6) is 0 Å². The first-order chi connectivity index (χ1) is 5.57. The van der Waals surface area contributed by atoms with E-state index in [1.165, 1.54) is 12.8 Å². The summed E-state index contributed by atoms with van der Waals surface area (Å²) in [5, 5.41) is 7.02. The lowest BCUT2D eigenvalue weighted by molar-refractivity contribution is 0.516. The van der Waals surface area contributed by atoms with E-state index in [0.717, 1.165) is 5.82 Å². The lowest BCUT2D eigenvalue weighted by Gasteiger charge is -2.12. The molecule has 0 spiro atoms. The number of rotatable bonds is 2. The van der Waals surface area contributed by atoms with Gasteiger partial charge in [0.2, 0.25) is 0 Å². The largest absolute Gasteiger partial charge is 0.319 e. The Morgan fingerprint density at radius 1 is 1.50 bits per heavy atom. The summed E-state index contributed by atoms with van der Waals surface area (Å²) < 4.78 is 0. The molecule has 0 radical (unpaired) electrons. The van der Waals surface area contributed by atoms with E-state index < -0.39 is 5.54 Å². The van der Waals surface area contributed by atoms with Crippen LogP contribution in [0, 0.1) is 0 Å². The molecule has 2 rings (SSSR count). The van der Waals surface area contributed by atoms with Crippen molar-refractivity contribution in [2.75, 3.05) is 0 Å². The molecule has 1 aliphatic rings. The van der Waals surface area contributed by atoms with Crippen LogP contribution in [0.25, 0.3) is 0 Å². The third kappa shape index (κ3) is 1.34. The Kier molecular flexibility index (Phi) is 1.48. The molecule has 0 unspecified atom stereocenters. The van der Waals surface area contributed by atoms with Gasteiger partial charge in [-0.05, 0) is 26.7 Å². The average Bonchev–Trinajstić information content (AvgIpc) is 2.66. The van der Waals surface area contributed by atoms with Gasteiger partial charge in [0, 0.05) is 5.92 Å². The van der Waals surface area contributed by atoms with Crippen LogP contribution in [0.4, 0.5) is 0 Å². The van der Waals surface area contributed by atoms with Gasteiger partial charge in [-0.3, -0.25) is 5.10 Å². The number of H-pyrrole nitrogens is 1. The van der Waals surface area contributed by atoms with E-state index in [9.17, 15) is 0 Å². The fourth-order valence-electron chi connectivity index (χ4n) is 1.10. The van der Waals surface area contributed by atoms with Crippen LogP contribution in [-0.4, -0.2) is 15.2 Å². The minimum absolute atomic E-state index is 0.427. The van der Waals surface area contributed by atoms with Crippen molar-refractivity contribution in [2.24, 2.45) is 5.73 Å². The lowest BCUT2D eigenvalue weighted by Crippen LogP contribution is -2.30. The minimum atomic E-state index is -0.427. The SMILES string of the molecule is CC(C)(N)c1n[nH]c(C2CC2)n1. The summed E-state index contributed by atoms with van der Waals surface area (Å²) >= 11 is 0. The van der Waals surface area contributed by atoms with Crippen molar-refractivity contribution in [3.8, 4) is 0 Å². The maximum atomic E-state index is 5.85. The number of aromatic nitrogens is 3. The molecule has 4 heteroatoms. The van der Waals surface area contributed by atoms with Crippen LogP contribution in [-0.2, 0) is 5.54 Å². The van der Waals surface area contributed by atoms with E-state index in [4.69, 9.17) is 5.73 Å². The van der Waals surface area contributed by atoms with Gasteiger partial charge in [-0.2, -0.15) is 5.10 Å². The van der Waals surface area contributed by atoms with Gasteiger partial charge in [0.15, 0.2) is 5.82 Å². The fourth-order valence-corrected chi connectivity index (χ4v) is 1.10. The first-order valence-corrected chi connectivity index (χ1v) is 4.29. The van der Waals surface area contributed by atoms with Gasteiger partial charge >= 0.3 is 0 Å². The molecule has 4 nitrogen and oxygen atoms in total. The van der Waals surface area contributed by atoms with E-state index in [1.54, 1.807) is 0 Å². The van der Waals surface area contributed by atoms with Crippen LogP contribution >= 0.6 is 0 Å². The van der Waals surface area contributed by atoms with E-state index >= 15 is 0 Å². The van der Waals surface area contributed by atoms with Gasteiger partial charge in [-0.1, -0.05) is 0 Å². The molecule has 0 aliphatic heterocycles. The average molecular weight is 166 g/mol. The normalized spacial score (nSPS) is 18.2. The topological polar surface area (TPSA) is 67.6 Å². The van der Waals surface area contributed by atoms with Crippen molar-refractivity contribution < 1.29 is 0 Å². The fraction of sp³-hybridized carbons (Fsp3) is 0.750. The lowest BCUT2D eigenvalue weighted by atomic mass is 10.1. The van der Waals surface area contributed by atoms with E-state index in [0.29, 0.717) is 11.7 Å². The Labute approximate surface area is 71.6 Å². The molecule has 1 fully saturated rings. The zero-order valence-corrected chi connectivity index (χ0v) is 7.46. The third-order valence-electron chi connectivity index (χ3n) is 2.04. The van der Waals surface area contributed by atoms with E-state index in [-0.39, 0.29) is 0 Å². The smallest absolute Gasteiger partial charge is 0.169 e. The molecule has 1 aromatic rings. The van der Waals surface area contributed by atoms with Crippen molar-refractivity contribution >= 4 is 0 Å². The highest BCUT2D eigenvalue weighted by molar-refractivity contribution is 5.08. The molecule has 0 amide bonds. The zero-order valence-electron chi connectivity index (χ0n) is 7.46. The van der Waals surface area contributed by atoms with Gasteiger partial charge in [0.1, 0.15) is 5.82 Å². The second-order valence-corrected chi connectivity index (χ2v) is 4.04. The molecule has 0 atom stereocenters. The molecule has 1 aromatic heterocycles. The summed E-state index contributed by atoms with van der Waals surface area (Å²) in [5.41, 5.74) is 5.42. The molecular formula is C8H14N4. The van der Waals surface area contributed by atoms with E-state index in [2.05, 4.69) is 15.2 Å². The maximum absolute atomic E-state index is 5.85. The van der Waals surface area contributed by atoms with Gasteiger partial charge in [0.25, 0.3) is 0 Å². The predicted molar refractivity (Wildman–Crippen MR) is 45.6 cm³/mol. The molecule has 3 N–H and O–H groups in total. The molecular weight excluding hydrogens is 152 g/mol. The van der Waals surface area contributed by atoms with Crippen molar-refractivity contribution in [1.29, 1.82) is 0 Å². The highest BCUT2D eigenvalue weighted by Gasteiger charge is 2.29. The number of hydrogen-bond donors (Lipinski definition) is 2. The molecule has 0 saturated heterocycles. The van der Waals surface area contributed by atoms with Gasteiger partial charge < -0.3 is 5.73 Å². The van der Waals surface area contributed by atoms with Gasteiger partial charge in [-0.25, -0.2) is 4.98 Å². The zero-order chi connectivity index (χ0) is 8.77. The number of nitrogens with two attached hydrogens (primary N) is 1. The van der Waals surface area contributed by atoms with Gasteiger partial charge in [0.05, 0.1) is 5.54 Å². The highest BCUT2D eigenvalue weighted by Crippen LogP contribution is 2.38. The Morgan fingerprint density at radius 3 is 2.58 bits per heavy atom. The molecule has 12 heavy (non-hydrogen) atoms. The Balaban J connectivity index is 2.23. The first kappa shape index (κ1) is 7.73. The first-order valence-electron chi connectivity index (χ1n) is 4.29. The molecule has 66 valence electrons. The number of hydrogen-bond acceptors (Lipinski definition) is 3. The summed E-state index contributed by atoms with van der Waals surface area (Å²) in [4.78, 5) is 4.35. The number of aromatic amines is 1. The quantitative estimate of drug-likeness (QED) is 0.685.